The number of hydrogen-bond acceptors (Lipinski definition) is 3. The molecular formula is C17H30N2O. The molecule has 0 amide bonds. The van der Waals surface area contributed by atoms with Crippen LogP contribution in [-0.4, -0.2) is 37.7 Å². The third-order valence-corrected chi connectivity index (χ3v) is 3.54. The zero-order valence-electron chi connectivity index (χ0n) is 13.3. The smallest absolute Gasteiger partial charge is 0.119 e. The third-order valence-electron chi connectivity index (χ3n) is 3.54. The summed E-state index contributed by atoms with van der Waals surface area (Å²) < 4.78 is 5.44. The minimum Gasteiger partial charge on any atom is -0.494 e. The highest BCUT2D eigenvalue weighted by atomic mass is 16.5. The van der Waals surface area contributed by atoms with Crippen LogP contribution in [0, 0.1) is 0 Å². The minimum absolute atomic E-state index is 0.726. The molecule has 0 saturated carbocycles. The predicted octanol–water partition coefficient (Wildman–Crippen LogP) is 3.30. The average molecular weight is 278 g/mol. The predicted molar refractivity (Wildman–Crippen MR) is 86.3 cm³/mol. The first-order valence-electron chi connectivity index (χ1n) is 7.94. The third kappa shape index (κ3) is 6.92. The summed E-state index contributed by atoms with van der Waals surface area (Å²) in [6, 6.07) is 8.35. The summed E-state index contributed by atoms with van der Waals surface area (Å²) in [5.41, 5.74) is 1.32. The maximum absolute atomic E-state index is 5.44. The lowest BCUT2D eigenvalue weighted by atomic mass is 10.2. The van der Waals surface area contributed by atoms with Crippen LogP contribution in [0.4, 0.5) is 0 Å². The fourth-order valence-electron chi connectivity index (χ4n) is 2.23. The summed E-state index contributed by atoms with van der Waals surface area (Å²) in [6.07, 6.45) is 2.52. The quantitative estimate of drug-likeness (QED) is 0.629. The van der Waals surface area contributed by atoms with E-state index in [0.717, 1.165) is 38.5 Å². The van der Waals surface area contributed by atoms with Gasteiger partial charge in [-0.3, -0.25) is 0 Å². The Morgan fingerprint density at radius 2 is 1.70 bits per heavy atom. The van der Waals surface area contributed by atoms with Crippen molar-refractivity contribution in [2.24, 2.45) is 0 Å². The fourth-order valence-corrected chi connectivity index (χ4v) is 2.23. The van der Waals surface area contributed by atoms with Crippen molar-refractivity contribution in [1.29, 1.82) is 0 Å². The van der Waals surface area contributed by atoms with Crippen molar-refractivity contribution in [3.63, 3.8) is 0 Å². The second kappa shape index (κ2) is 10.7. The van der Waals surface area contributed by atoms with Crippen LogP contribution in [0.1, 0.15) is 39.2 Å². The van der Waals surface area contributed by atoms with Gasteiger partial charge in [0.15, 0.2) is 0 Å². The number of ether oxygens (including phenoxy) is 1. The summed E-state index contributed by atoms with van der Waals surface area (Å²) in [4.78, 5) is 2.48. The van der Waals surface area contributed by atoms with Crippen LogP contribution >= 0.6 is 0 Å². The summed E-state index contributed by atoms with van der Waals surface area (Å²) in [5.74, 6) is 0.954. The molecule has 1 rings (SSSR count). The first-order chi connectivity index (χ1) is 9.80. The molecule has 20 heavy (non-hydrogen) atoms. The lowest BCUT2D eigenvalue weighted by Crippen LogP contribution is -2.25. The molecule has 0 radical (unpaired) electrons. The minimum atomic E-state index is 0.726. The van der Waals surface area contributed by atoms with Crippen LogP contribution in [-0.2, 0) is 6.54 Å². The average Bonchev–Trinajstić information content (AvgIpc) is 2.48. The second-order valence-electron chi connectivity index (χ2n) is 4.99. The molecule has 0 fully saturated rings. The van der Waals surface area contributed by atoms with Crippen LogP contribution in [0.5, 0.6) is 5.75 Å². The van der Waals surface area contributed by atoms with E-state index in [2.05, 4.69) is 36.2 Å². The molecule has 1 aromatic rings. The first kappa shape index (κ1) is 17.0. The molecule has 0 aliphatic heterocycles. The van der Waals surface area contributed by atoms with Crippen molar-refractivity contribution >= 4 is 0 Å². The van der Waals surface area contributed by atoms with E-state index in [1.807, 2.05) is 19.1 Å². The van der Waals surface area contributed by atoms with Gasteiger partial charge >= 0.3 is 0 Å². The topological polar surface area (TPSA) is 24.5 Å². The summed E-state index contributed by atoms with van der Waals surface area (Å²) in [5, 5.41) is 3.50. The molecule has 1 aromatic carbocycles. The van der Waals surface area contributed by atoms with Crippen molar-refractivity contribution in [3.8, 4) is 5.75 Å². The lowest BCUT2D eigenvalue weighted by Gasteiger charge is -2.17. The number of rotatable bonds is 11. The van der Waals surface area contributed by atoms with E-state index >= 15 is 0 Å². The Balaban J connectivity index is 2.09. The number of nitrogens with one attached hydrogen (secondary N) is 1. The molecule has 0 unspecified atom stereocenters. The molecule has 0 spiro atoms. The molecule has 0 aliphatic carbocycles. The molecule has 0 aromatic heterocycles. The lowest BCUT2D eigenvalue weighted by molar-refractivity contribution is 0.296. The number of unbranched alkanes of at least 4 members (excludes halogenated alkanes) is 1. The highest BCUT2D eigenvalue weighted by Gasteiger charge is 1.98. The van der Waals surface area contributed by atoms with Gasteiger partial charge < -0.3 is 15.0 Å². The van der Waals surface area contributed by atoms with Gasteiger partial charge in [-0.25, -0.2) is 0 Å². The van der Waals surface area contributed by atoms with Crippen LogP contribution < -0.4 is 10.1 Å². The Bertz CT molecular complexity index is 333. The van der Waals surface area contributed by atoms with E-state index in [1.165, 1.54) is 24.9 Å². The summed E-state index contributed by atoms with van der Waals surface area (Å²) in [7, 11) is 0. The Kier molecular flexibility index (Phi) is 9.09. The summed E-state index contributed by atoms with van der Waals surface area (Å²) >= 11 is 0. The Labute approximate surface area is 124 Å². The highest BCUT2D eigenvalue weighted by molar-refractivity contribution is 5.27. The maximum atomic E-state index is 5.44. The first-order valence-corrected chi connectivity index (χ1v) is 7.94. The second-order valence-corrected chi connectivity index (χ2v) is 4.99. The fraction of sp³-hybridized carbons (Fsp3) is 0.647. The van der Waals surface area contributed by atoms with Crippen LogP contribution in [0.15, 0.2) is 24.3 Å². The van der Waals surface area contributed by atoms with E-state index in [1.54, 1.807) is 0 Å². The van der Waals surface area contributed by atoms with E-state index in [9.17, 15) is 0 Å². The standard InChI is InChI=1S/C17H30N2O/c1-4-19(5-2)14-8-7-13-18-15-16-9-11-17(12-10-16)20-6-3/h9-12,18H,4-8,13-15H2,1-3H3. The van der Waals surface area contributed by atoms with Crippen molar-refractivity contribution in [1.82, 2.24) is 10.2 Å². The van der Waals surface area contributed by atoms with Crippen molar-refractivity contribution in [2.75, 3.05) is 32.8 Å². The van der Waals surface area contributed by atoms with Gasteiger partial charge in [0.05, 0.1) is 6.61 Å². The van der Waals surface area contributed by atoms with E-state index in [0.29, 0.717) is 0 Å². The van der Waals surface area contributed by atoms with E-state index < -0.39 is 0 Å². The van der Waals surface area contributed by atoms with Gasteiger partial charge in [-0.2, -0.15) is 0 Å². The summed E-state index contributed by atoms with van der Waals surface area (Å²) in [6.45, 7) is 12.8. The van der Waals surface area contributed by atoms with E-state index in [4.69, 9.17) is 4.74 Å². The maximum Gasteiger partial charge on any atom is 0.119 e. The van der Waals surface area contributed by atoms with Gasteiger partial charge in [0.25, 0.3) is 0 Å². The highest BCUT2D eigenvalue weighted by Crippen LogP contribution is 2.11. The van der Waals surface area contributed by atoms with Crippen LogP contribution in [0.3, 0.4) is 0 Å². The molecule has 0 saturated heterocycles. The van der Waals surface area contributed by atoms with Crippen molar-refractivity contribution in [3.05, 3.63) is 29.8 Å². The molecular weight excluding hydrogens is 248 g/mol. The van der Waals surface area contributed by atoms with E-state index in [-0.39, 0.29) is 0 Å². The largest absolute Gasteiger partial charge is 0.494 e. The molecule has 0 atom stereocenters. The zero-order valence-corrected chi connectivity index (χ0v) is 13.3. The Morgan fingerprint density at radius 3 is 2.30 bits per heavy atom. The van der Waals surface area contributed by atoms with Gasteiger partial charge in [0.2, 0.25) is 0 Å². The Morgan fingerprint density at radius 1 is 1.00 bits per heavy atom. The Hall–Kier alpha value is -1.06. The van der Waals surface area contributed by atoms with Crippen molar-refractivity contribution in [2.45, 2.75) is 40.2 Å². The molecule has 1 N–H and O–H groups in total. The number of nitrogens with zero attached hydrogens (tertiary/aromatic N) is 1. The zero-order chi connectivity index (χ0) is 14.6. The van der Waals surface area contributed by atoms with Gasteiger partial charge in [-0.1, -0.05) is 26.0 Å². The van der Waals surface area contributed by atoms with Crippen molar-refractivity contribution < 1.29 is 4.74 Å². The molecule has 0 heterocycles. The van der Waals surface area contributed by atoms with Crippen LogP contribution in [0.25, 0.3) is 0 Å². The molecule has 3 heteroatoms. The number of hydrogen-bond donors (Lipinski definition) is 1. The molecule has 114 valence electrons. The number of benzene rings is 1. The molecule has 0 aliphatic rings. The normalized spacial score (nSPS) is 11.0. The van der Waals surface area contributed by atoms with Gasteiger partial charge in [-0.05, 0) is 63.6 Å². The van der Waals surface area contributed by atoms with Gasteiger partial charge in [0, 0.05) is 6.54 Å². The van der Waals surface area contributed by atoms with Crippen LogP contribution in [0.2, 0.25) is 0 Å². The SMILES string of the molecule is CCOc1ccc(CNCCCCN(CC)CC)cc1. The van der Waals surface area contributed by atoms with Gasteiger partial charge in [0.1, 0.15) is 5.75 Å². The molecule has 0 bridgehead atoms. The monoisotopic (exact) mass is 278 g/mol. The van der Waals surface area contributed by atoms with Gasteiger partial charge in [-0.15, -0.1) is 0 Å². The molecule has 3 nitrogen and oxygen atoms in total.